The molecule has 20 heavy (non-hydrogen) atoms. The maximum Gasteiger partial charge on any atom is 0.233 e. The summed E-state index contributed by atoms with van der Waals surface area (Å²) in [5.74, 6) is 0.585. The first kappa shape index (κ1) is 13.5. The predicted molar refractivity (Wildman–Crippen MR) is 78.8 cm³/mol. The van der Waals surface area contributed by atoms with Gasteiger partial charge in [-0.2, -0.15) is 0 Å². The standard InChI is InChI=1S/C14H17N3O2S/c1-16-12-5-3-2-4-11(12)15-14(16)20-10-13(18)17-6-8-19-9-7-17/h2-5H,6-10H2,1H3. The highest BCUT2D eigenvalue weighted by molar-refractivity contribution is 7.99. The first-order valence-electron chi connectivity index (χ1n) is 6.65. The number of imidazole rings is 1. The van der Waals surface area contributed by atoms with E-state index in [1.54, 1.807) is 0 Å². The van der Waals surface area contributed by atoms with Gasteiger partial charge in [0.1, 0.15) is 0 Å². The van der Waals surface area contributed by atoms with Gasteiger partial charge in [-0.25, -0.2) is 4.98 Å². The molecule has 0 atom stereocenters. The molecule has 2 aromatic rings. The minimum atomic E-state index is 0.158. The minimum Gasteiger partial charge on any atom is -0.378 e. The van der Waals surface area contributed by atoms with Gasteiger partial charge in [-0.3, -0.25) is 4.79 Å². The van der Waals surface area contributed by atoms with Crippen LogP contribution in [-0.4, -0.2) is 52.4 Å². The lowest BCUT2D eigenvalue weighted by Crippen LogP contribution is -2.41. The monoisotopic (exact) mass is 291 g/mol. The fourth-order valence-electron chi connectivity index (χ4n) is 2.28. The quantitative estimate of drug-likeness (QED) is 0.805. The molecule has 0 bridgehead atoms. The normalized spacial score (nSPS) is 15.8. The van der Waals surface area contributed by atoms with Gasteiger partial charge < -0.3 is 14.2 Å². The average molecular weight is 291 g/mol. The Bertz CT molecular complexity index is 620. The number of aryl methyl sites for hydroxylation is 1. The maximum absolute atomic E-state index is 12.1. The highest BCUT2D eigenvalue weighted by Gasteiger charge is 2.18. The van der Waals surface area contributed by atoms with Crippen LogP contribution in [0, 0.1) is 0 Å². The molecule has 6 heteroatoms. The molecule has 2 heterocycles. The van der Waals surface area contributed by atoms with Crippen LogP contribution in [0.25, 0.3) is 11.0 Å². The number of carbonyl (C=O) groups is 1. The number of hydrogen-bond donors (Lipinski definition) is 0. The molecule has 3 rings (SSSR count). The van der Waals surface area contributed by atoms with Gasteiger partial charge in [0.2, 0.25) is 5.91 Å². The van der Waals surface area contributed by atoms with Crippen molar-refractivity contribution in [1.82, 2.24) is 14.5 Å². The van der Waals surface area contributed by atoms with Crippen LogP contribution >= 0.6 is 11.8 Å². The molecule has 0 N–H and O–H groups in total. The molecule has 0 saturated carbocycles. The zero-order valence-corrected chi connectivity index (χ0v) is 12.2. The summed E-state index contributed by atoms with van der Waals surface area (Å²) in [6, 6.07) is 8.00. The fraction of sp³-hybridized carbons (Fsp3) is 0.429. The smallest absolute Gasteiger partial charge is 0.233 e. The number of thioether (sulfide) groups is 1. The van der Waals surface area contributed by atoms with Crippen molar-refractivity contribution in [3.63, 3.8) is 0 Å². The zero-order valence-electron chi connectivity index (χ0n) is 11.4. The lowest BCUT2D eigenvalue weighted by atomic mass is 10.3. The third-order valence-corrected chi connectivity index (χ3v) is 4.45. The van der Waals surface area contributed by atoms with Crippen molar-refractivity contribution >= 4 is 28.7 Å². The van der Waals surface area contributed by atoms with Gasteiger partial charge >= 0.3 is 0 Å². The maximum atomic E-state index is 12.1. The number of amides is 1. The number of fused-ring (bicyclic) bond motifs is 1. The van der Waals surface area contributed by atoms with Crippen LogP contribution in [0.4, 0.5) is 0 Å². The second-order valence-corrected chi connectivity index (χ2v) is 5.67. The summed E-state index contributed by atoms with van der Waals surface area (Å²) in [5, 5.41) is 0.882. The molecular formula is C14H17N3O2S. The summed E-state index contributed by atoms with van der Waals surface area (Å²) in [6.07, 6.45) is 0. The van der Waals surface area contributed by atoms with Gasteiger partial charge in [-0.05, 0) is 12.1 Å². The van der Waals surface area contributed by atoms with Crippen LogP contribution in [0.2, 0.25) is 0 Å². The Hall–Kier alpha value is -1.53. The lowest BCUT2D eigenvalue weighted by Gasteiger charge is -2.26. The molecule has 1 saturated heterocycles. The molecule has 0 radical (unpaired) electrons. The van der Waals surface area contributed by atoms with Gasteiger partial charge in [0.05, 0.1) is 30.0 Å². The Labute approximate surface area is 121 Å². The minimum absolute atomic E-state index is 0.158. The van der Waals surface area contributed by atoms with Gasteiger partial charge in [0, 0.05) is 20.1 Å². The van der Waals surface area contributed by atoms with Gasteiger partial charge in [0.15, 0.2) is 5.16 Å². The van der Waals surface area contributed by atoms with E-state index in [9.17, 15) is 4.79 Å². The number of rotatable bonds is 3. The second-order valence-electron chi connectivity index (χ2n) is 4.72. The number of ether oxygens (including phenoxy) is 1. The molecule has 1 aromatic heterocycles. The Kier molecular flexibility index (Phi) is 3.93. The first-order valence-corrected chi connectivity index (χ1v) is 7.64. The van der Waals surface area contributed by atoms with Crippen LogP contribution < -0.4 is 0 Å². The van der Waals surface area contributed by atoms with Crippen LogP contribution in [0.1, 0.15) is 0 Å². The van der Waals surface area contributed by atoms with Crippen LogP contribution in [0.5, 0.6) is 0 Å². The van der Waals surface area contributed by atoms with E-state index < -0.39 is 0 Å². The molecule has 0 spiro atoms. The highest BCUT2D eigenvalue weighted by Crippen LogP contribution is 2.22. The third kappa shape index (κ3) is 2.66. The highest BCUT2D eigenvalue weighted by atomic mass is 32.2. The van der Waals surface area contributed by atoms with Crippen molar-refractivity contribution in [3.8, 4) is 0 Å². The molecule has 5 nitrogen and oxygen atoms in total. The second kappa shape index (κ2) is 5.85. The summed E-state index contributed by atoms with van der Waals surface area (Å²) in [5.41, 5.74) is 2.06. The SMILES string of the molecule is Cn1c(SCC(=O)N2CCOCC2)nc2ccccc21. The Morgan fingerprint density at radius 1 is 1.35 bits per heavy atom. The van der Waals surface area contributed by atoms with Crippen LogP contribution in [0.3, 0.4) is 0 Å². The Morgan fingerprint density at radius 2 is 2.10 bits per heavy atom. The molecule has 1 aromatic carbocycles. The molecule has 1 amide bonds. The molecule has 1 aliphatic heterocycles. The van der Waals surface area contributed by atoms with E-state index in [1.165, 1.54) is 11.8 Å². The molecule has 1 aliphatic rings. The van der Waals surface area contributed by atoms with Gasteiger partial charge in [-0.15, -0.1) is 0 Å². The number of hydrogen-bond acceptors (Lipinski definition) is 4. The molecular weight excluding hydrogens is 274 g/mol. The number of nitrogens with zero attached hydrogens (tertiary/aromatic N) is 3. The van der Waals surface area contributed by atoms with E-state index in [2.05, 4.69) is 4.98 Å². The Morgan fingerprint density at radius 3 is 2.85 bits per heavy atom. The number of para-hydroxylation sites is 2. The van der Waals surface area contributed by atoms with Crippen molar-refractivity contribution < 1.29 is 9.53 Å². The van der Waals surface area contributed by atoms with Gasteiger partial charge in [-0.1, -0.05) is 23.9 Å². The average Bonchev–Trinajstić information content (AvgIpc) is 2.83. The van der Waals surface area contributed by atoms with Crippen molar-refractivity contribution in [2.24, 2.45) is 7.05 Å². The summed E-state index contributed by atoms with van der Waals surface area (Å²) in [6.45, 7) is 2.68. The predicted octanol–water partition coefficient (Wildman–Crippen LogP) is 1.52. The van der Waals surface area contributed by atoms with E-state index in [4.69, 9.17) is 4.74 Å². The summed E-state index contributed by atoms with van der Waals surface area (Å²) >= 11 is 1.49. The summed E-state index contributed by atoms with van der Waals surface area (Å²) in [4.78, 5) is 18.5. The third-order valence-electron chi connectivity index (χ3n) is 3.43. The van der Waals surface area contributed by atoms with E-state index in [-0.39, 0.29) is 5.91 Å². The van der Waals surface area contributed by atoms with E-state index in [1.807, 2.05) is 40.8 Å². The van der Waals surface area contributed by atoms with E-state index in [0.717, 1.165) is 16.2 Å². The fourth-order valence-corrected chi connectivity index (χ4v) is 3.17. The summed E-state index contributed by atoms with van der Waals surface area (Å²) in [7, 11) is 1.98. The molecule has 1 fully saturated rings. The molecule has 106 valence electrons. The van der Waals surface area contributed by atoms with Crippen molar-refractivity contribution in [2.75, 3.05) is 32.1 Å². The number of benzene rings is 1. The van der Waals surface area contributed by atoms with Gasteiger partial charge in [0.25, 0.3) is 0 Å². The molecule has 0 aliphatic carbocycles. The van der Waals surface area contributed by atoms with E-state index in [0.29, 0.717) is 32.1 Å². The van der Waals surface area contributed by atoms with Crippen LogP contribution in [0.15, 0.2) is 29.4 Å². The topological polar surface area (TPSA) is 47.4 Å². The first-order chi connectivity index (χ1) is 9.75. The molecule has 0 unspecified atom stereocenters. The van der Waals surface area contributed by atoms with E-state index >= 15 is 0 Å². The number of aromatic nitrogens is 2. The van der Waals surface area contributed by atoms with Crippen molar-refractivity contribution in [1.29, 1.82) is 0 Å². The Balaban J connectivity index is 1.67. The largest absolute Gasteiger partial charge is 0.378 e. The number of morpholine rings is 1. The zero-order chi connectivity index (χ0) is 13.9. The van der Waals surface area contributed by atoms with Crippen molar-refractivity contribution in [2.45, 2.75) is 5.16 Å². The van der Waals surface area contributed by atoms with Crippen molar-refractivity contribution in [3.05, 3.63) is 24.3 Å². The lowest BCUT2D eigenvalue weighted by molar-refractivity contribution is -0.132. The van der Waals surface area contributed by atoms with Crippen LogP contribution in [-0.2, 0) is 16.6 Å². The summed E-state index contributed by atoms with van der Waals surface area (Å²) < 4.78 is 7.29. The number of carbonyl (C=O) groups excluding carboxylic acids is 1.